The van der Waals surface area contributed by atoms with Crippen molar-refractivity contribution < 1.29 is 0 Å². The first kappa shape index (κ1) is 24.4. The van der Waals surface area contributed by atoms with Crippen LogP contribution in [0.2, 0.25) is 0 Å². The molecule has 180 valence electrons. The molecule has 1 saturated heterocycles. The van der Waals surface area contributed by atoms with Crippen molar-refractivity contribution in [3.8, 4) is 5.69 Å². The van der Waals surface area contributed by atoms with E-state index in [1.807, 2.05) is 12.3 Å². The predicted octanol–water partition coefficient (Wildman–Crippen LogP) is 5.34. The van der Waals surface area contributed by atoms with Gasteiger partial charge < -0.3 is 19.7 Å². The second kappa shape index (κ2) is 9.88. The normalized spacial score (nSPS) is 18.1. The summed E-state index contributed by atoms with van der Waals surface area (Å²) in [5, 5.41) is 4.42. The van der Waals surface area contributed by atoms with Crippen LogP contribution >= 0.6 is 12.2 Å². The molecule has 1 aromatic carbocycles. The van der Waals surface area contributed by atoms with Gasteiger partial charge in [-0.15, -0.1) is 0 Å². The number of rotatable bonds is 7. The summed E-state index contributed by atoms with van der Waals surface area (Å²) in [5.74, 6) is 0. The zero-order valence-electron chi connectivity index (χ0n) is 21.5. The number of nitrogens with one attached hydrogen (secondary N) is 1. The first-order valence-corrected chi connectivity index (χ1v) is 12.5. The smallest absolute Gasteiger partial charge is 0.170 e. The third-order valence-corrected chi connectivity index (χ3v) is 7.20. The van der Waals surface area contributed by atoms with Crippen LogP contribution < -0.4 is 5.32 Å². The molecule has 0 radical (unpaired) electrons. The Morgan fingerprint density at radius 3 is 2.35 bits per heavy atom. The van der Waals surface area contributed by atoms with Gasteiger partial charge in [0.2, 0.25) is 0 Å². The lowest BCUT2D eigenvalue weighted by Gasteiger charge is -2.28. The van der Waals surface area contributed by atoms with Gasteiger partial charge in [0.05, 0.1) is 23.5 Å². The van der Waals surface area contributed by atoms with Crippen molar-refractivity contribution in [2.24, 2.45) is 0 Å². The molecule has 0 saturated carbocycles. The van der Waals surface area contributed by atoms with Crippen LogP contribution in [0.15, 0.2) is 42.6 Å². The van der Waals surface area contributed by atoms with Crippen molar-refractivity contribution >= 4 is 17.3 Å². The lowest BCUT2D eigenvalue weighted by molar-refractivity contribution is 0.292. The molecule has 1 N–H and O–H groups in total. The van der Waals surface area contributed by atoms with Gasteiger partial charge in [0.15, 0.2) is 5.11 Å². The molecule has 1 fully saturated rings. The summed E-state index contributed by atoms with van der Waals surface area (Å²) in [4.78, 5) is 9.31. The number of hydrogen-bond donors (Lipinski definition) is 1. The van der Waals surface area contributed by atoms with Crippen molar-refractivity contribution in [3.05, 3.63) is 81.9 Å². The summed E-state index contributed by atoms with van der Waals surface area (Å²) < 4.78 is 2.42. The fourth-order valence-electron chi connectivity index (χ4n) is 5.50. The maximum atomic E-state index is 5.87. The second-order valence-corrected chi connectivity index (χ2v) is 10.3. The van der Waals surface area contributed by atoms with Crippen LogP contribution in [0.3, 0.4) is 0 Å². The molecule has 6 heteroatoms. The van der Waals surface area contributed by atoms with Gasteiger partial charge in [-0.3, -0.25) is 4.98 Å². The Labute approximate surface area is 209 Å². The van der Waals surface area contributed by atoms with E-state index in [1.165, 1.54) is 39.3 Å². The maximum Gasteiger partial charge on any atom is 0.170 e. The quantitative estimate of drug-likeness (QED) is 0.467. The SMILES string of the molecule is Cc1cc(C)c(-n2c(C)cc([C@@H]3[C@H](c4ccccn4)NC(=S)N3CCCN(C)C)c2C)c(C)c1. The van der Waals surface area contributed by atoms with E-state index in [1.54, 1.807) is 0 Å². The predicted molar refractivity (Wildman–Crippen MR) is 145 cm³/mol. The highest BCUT2D eigenvalue weighted by atomic mass is 32.1. The van der Waals surface area contributed by atoms with Crippen molar-refractivity contribution in [1.29, 1.82) is 0 Å². The summed E-state index contributed by atoms with van der Waals surface area (Å²) >= 11 is 5.87. The molecule has 3 aromatic rings. The highest BCUT2D eigenvalue weighted by Gasteiger charge is 2.41. The van der Waals surface area contributed by atoms with Crippen LogP contribution in [-0.4, -0.2) is 51.6 Å². The van der Waals surface area contributed by atoms with Gasteiger partial charge in [0.25, 0.3) is 0 Å². The average Bonchev–Trinajstić information content (AvgIpc) is 3.24. The van der Waals surface area contributed by atoms with E-state index in [0.717, 1.165) is 30.3 Å². The highest BCUT2D eigenvalue weighted by Crippen LogP contribution is 2.42. The lowest BCUT2D eigenvalue weighted by Crippen LogP contribution is -2.32. The van der Waals surface area contributed by atoms with E-state index in [2.05, 4.69) is 98.7 Å². The zero-order valence-corrected chi connectivity index (χ0v) is 22.3. The summed E-state index contributed by atoms with van der Waals surface area (Å²) in [6, 6.07) is 13.1. The Hall–Kier alpha value is -2.70. The molecule has 34 heavy (non-hydrogen) atoms. The minimum absolute atomic E-state index is 0.0159. The summed E-state index contributed by atoms with van der Waals surface area (Å²) in [5.41, 5.74) is 10.0. The van der Waals surface area contributed by atoms with Crippen LogP contribution in [0.25, 0.3) is 5.69 Å². The molecule has 0 spiro atoms. The molecular weight excluding hydrogens is 438 g/mol. The van der Waals surface area contributed by atoms with Gasteiger partial charge in [0.1, 0.15) is 0 Å². The number of hydrogen-bond acceptors (Lipinski definition) is 3. The summed E-state index contributed by atoms with van der Waals surface area (Å²) in [7, 11) is 4.24. The Morgan fingerprint density at radius 2 is 1.74 bits per heavy atom. The monoisotopic (exact) mass is 475 g/mol. The van der Waals surface area contributed by atoms with E-state index < -0.39 is 0 Å². The van der Waals surface area contributed by atoms with Crippen LogP contribution in [0.1, 0.15) is 57.8 Å². The first-order valence-electron chi connectivity index (χ1n) is 12.1. The summed E-state index contributed by atoms with van der Waals surface area (Å²) in [6.45, 7) is 13.0. The van der Waals surface area contributed by atoms with Gasteiger partial charge in [-0.05, 0) is 109 Å². The third-order valence-electron chi connectivity index (χ3n) is 6.85. The zero-order chi connectivity index (χ0) is 24.6. The fourth-order valence-corrected chi connectivity index (χ4v) is 5.83. The van der Waals surface area contributed by atoms with E-state index >= 15 is 0 Å². The molecule has 4 rings (SSSR count). The standard InChI is InChI=1S/C28H37N5S/c1-18-15-19(2)26(20(3)16-18)33-21(4)17-23(22(33)5)27-25(24-11-8-9-12-29-24)30-28(34)32(27)14-10-13-31(6)7/h8-9,11-12,15-17,25,27H,10,13-14H2,1-7H3,(H,30,34)/t25-,27+/m0/s1. The molecule has 3 heterocycles. The van der Waals surface area contributed by atoms with E-state index in [4.69, 9.17) is 17.2 Å². The topological polar surface area (TPSA) is 36.3 Å². The molecular formula is C28H37N5S. The Bertz CT molecular complexity index is 1160. The van der Waals surface area contributed by atoms with Crippen molar-refractivity contribution in [2.45, 2.75) is 53.1 Å². The minimum atomic E-state index is 0.0159. The van der Waals surface area contributed by atoms with Crippen LogP contribution in [0.4, 0.5) is 0 Å². The molecule has 2 atom stereocenters. The molecule has 1 aliphatic rings. The molecule has 0 unspecified atom stereocenters. The fraction of sp³-hybridized carbons (Fsp3) is 0.429. The van der Waals surface area contributed by atoms with E-state index in [9.17, 15) is 0 Å². The molecule has 0 amide bonds. The molecule has 5 nitrogen and oxygen atoms in total. The largest absolute Gasteiger partial charge is 0.352 e. The lowest BCUT2D eigenvalue weighted by atomic mass is 9.96. The number of nitrogens with zero attached hydrogens (tertiary/aromatic N) is 4. The number of thiocarbonyl (C=S) groups is 1. The molecule has 0 bridgehead atoms. The minimum Gasteiger partial charge on any atom is -0.352 e. The van der Waals surface area contributed by atoms with E-state index in [0.29, 0.717) is 0 Å². The molecule has 1 aliphatic heterocycles. The Balaban J connectivity index is 1.81. The van der Waals surface area contributed by atoms with Crippen molar-refractivity contribution in [3.63, 3.8) is 0 Å². The van der Waals surface area contributed by atoms with Crippen molar-refractivity contribution in [2.75, 3.05) is 27.2 Å². The van der Waals surface area contributed by atoms with Crippen molar-refractivity contribution in [1.82, 2.24) is 24.7 Å². The van der Waals surface area contributed by atoms with Gasteiger partial charge in [0, 0.05) is 24.1 Å². The highest BCUT2D eigenvalue weighted by molar-refractivity contribution is 7.80. The van der Waals surface area contributed by atoms with Gasteiger partial charge in [-0.25, -0.2) is 0 Å². The van der Waals surface area contributed by atoms with Gasteiger partial charge in [-0.2, -0.15) is 0 Å². The number of aromatic nitrogens is 2. The van der Waals surface area contributed by atoms with Gasteiger partial charge in [-0.1, -0.05) is 23.8 Å². The Kier molecular flexibility index (Phi) is 7.10. The number of aryl methyl sites for hydroxylation is 4. The Morgan fingerprint density at radius 1 is 1.03 bits per heavy atom. The van der Waals surface area contributed by atoms with Crippen LogP contribution in [0, 0.1) is 34.6 Å². The maximum absolute atomic E-state index is 5.87. The number of pyridine rings is 1. The van der Waals surface area contributed by atoms with Crippen LogP contribution in [0.5, 0.6) is 0 Å². The number of benzene rings is 1. The van der Waals surface area contributed by atoms with Crippen LogP contribution in [-0.2, 0) is 0 Å². The summed E-state index contributed by atoms with van der Waals surface area (Å²) in [6.07, 6.45) is 2.92. The second-order valence-electron chi connectivity index (χ2n) is 9.89. The third kappa shape index (κ3) is 4.62. The average molecular weight is 476 g/mol. The molecule has 0 aliphatic carbocycles. The molecule has 2 aromatic heterocycles. The van der Waals surface area contributed by atoms with E-state index in [-0.39, 0.29) is 12.1 Å². The first-order chi connectivity index (χ1) is 16.2. The van der Waals surface area contributed by atoms with Gasteiger partial charge >= 0.3 is 0 Å².